The van der Waals surface area contributed by atoms with Gasteiger partial charge in [0.05, 0.1) is 0 Å². The summed E-state index contributed by atoms with van der Waals surface area (Å²) < 4.78 is 12.2. The molecule has 0 atom stereocenters. The number of halogens is 1. The number of rotatable bonds is 2. The minimum Gasteiger partial charge on any atom is -0.207 e. The first-order valence-corrected chi connectivity index (χ1v) is 6.82. The summed E-state index contributed by atoms with van der Waals surface area (Å²) in [5.41, 5.74) is 1.18. The molecule has 0 saturated carbocycles. The molecule has 2 rings (SSSR count). The van der Waals surface area contributed by atoms with Crippen LogP contribution in [0.5, 0.6) is 0 Å². The molecule has 0 aliphatic rings. The second kappa shape index (κ2) is 7.91. The normalized spacial score (nSPS) is 9.35. The second-order valence-electron chi connectivity index (χ2n) is 3.50. The topological polar surface area (TPSA) is 0 Å². The van der Waals surface area contributed by atoms with Crippen LogP contribution in [0.4, 0.5) is 4.39 Å². The second-order valence-corrected chi connectivity index (χ2v) is 4.38. The molecule has 2 heteroatoms. The van der Waals surface area contributed by atoms with Crippen molar-refractivity contribution in [2.75, 3.05) is 6.26 Å². The molecule has 0 spiro atoms. The lowest BCUT2D eigenvalue weighted by Gasteiger charge is -1.92. The van der Waals surface area contributed by atoms with Crippen LogP contribution in [-0.4, -0.2) is 6.26 Å². The summed E-state index contributed by atoms with van der Waals surface area (Å²) in [5.74, 6) is -0.160. The fourth-order valence-corrected chi connectivity index (χ4v) is 1.71. The summed E-state index contributed by atoms with van der Waals surface area (Å²) in [7, 11) is 0. The van der Waals surface area contributed by atoms with E-state index >= 15 is 0 Å². The summed E-state index contributed by atoms with van der Waals surface area (Å²) in [6, 6.07) is 16.9. The number of benzene rings is 2. The van der Waals surface area contributed by atoms with Gasteiger partial charge in [0.2, 0.25) is 0 Å². The van der Waals surface area contributed by atoms with E-state index in [1.807, 2.05) is 25.1 Å². The molecular formula is C15H17FS. The maximum Gasteiger partial charge on any atom is 0.123 e. The zero-order chi connectivity index (χ0) is 12.5. The largest absolute Gasteiger partial charge is 0.207 e. The van der Waals surface area contributed by atoms with E-state index in [-0.39, 0.29) is 5.82 Å². The first-order valence-electron chi connectivity index (χ1n) is 5.59. The summed E-state index contributed by atoms with van der Waals surface area (Å²) >= 11 is 1.77. The smallest absolute Gasteiger partial charge is 0.123 e. The van der Waals surface area contributed by atoms with Crippen molar-refractivity contribution < 1.29 is 4.39 Å². The summed E-state index contributed by atoms with van der Waals surface area (Å²) in [5, 5.41) is 0. The molecule has 0 bridgehead atoms. The van der Waals surface area contributed by atoms with Gasteiger partial charge < -0.3 is 0 Å². The quantitative estimate of drug-likeness (QED) is 0.688. The van der Waals surface area contributed by atoms with Crippen LogP contribution in [0.25, 0.3) is 0 Å². The Labute approximate surface area is 107 Å². The first kappa shape index (κ1) is 13.8. The maximum absolute atomic E-state index is 12.2. The molecule has 90 valence electrons. The molecule has 2 aromatic rings. The third-order valence-electron chi connectivity index (χ3n) is 2.30. The lowest BCUT2D eigenvalue weighted by molar-refractivity contribution is 0.627. The molecule has 0 nitrogen and oxygen atoms in total. The fraction of sp³-hybridized carbons (Fsp3) is 0.200. The van der Waals surface area contributed by atoms with Gasteiger partial charge in [0.15, 0.2) is 0 Å². The minimum absolute atomic E-state index is 0.160. The Morgan fingerprint density at radius 2 is 1.53 bits per heavy atom. The van der Waals surface area contributed by atoms with Crippen LogP contribution in [0.3, 0.4) is 0 Å². The van der Waals surface area contributed by atoms with Gasteiger partial charge >= 0.3 is 0 Å². The van der Waals surface area contributed by atoms with E-state index in [2.05, 4.69) is 18.4 Å². The molecular weight excluding hydrogens is 231 g/mol. The molecule has 0 saturated heterocycles. The molecule has 17 heavy (non-hydrogen) atoms. The van der Waals surface area contributed by atoms with Crippen LogP contribution in [0.1, 0.15) is 12.5 Å². The maximum atomic E-state index is 12.2. The van der Waals surface area contributed by atoms with Crippen molar-refractivity contribution in [3.8, 4) is 0 Å². The molecule has 0 amide bonds. The first-order chi connectivity index (χ1) is 8.26. The Morgan fingerprint density at radius 3 is 1.94 bits per heavy atom. The average Bonchev–Trinajstić information content (AvgIpc) is 2.41. The van der Waals surface area contributed by atoms with Crippen molar-refractivity contribution in [3.63, 3.8) is 0 Å². The molecule has 0 aliphatic carbocycles. The van der Waals surface area contributed by atoms with Crippen molar-refractivity contribution in [2.24, 2.45) is 0 Å². The molecule has 2 aromatic carbocycles. The Balaban J connectivity index is 0.000000171. The van der Waals surface area contributed by atoms with E-state index in [1.165, 1.54) is 22.6 Å². The molecule has 0 radical (unpaired) electrons. The zero-order valence-electron chi connectivity index (χ0n) is 10.2. The number of thioether (sulfide) groups is 1. The van der Waals surface area contributed by atoms with Crippen LogP contribution in [0.2, 0.25) is 0 Å². The highest BCUT2D eigenvalue weighted by molar-refractivity contribution is 7.98. The molecule has 0 N–H and O–H groups in total. The Bertz CT molecular complexity index is 409. The van der Waals surface area contributed by atoms with E-state index < -0.39 is 0 Å². The van der Waals surface area contributed by atoms with Crippen LogP contribution in [-0.2, 0) is 6.42 Å². The van der Waals surface area contributed by atoms with Crippen LogP contribution in [0.15, 0.2) is 59.5 Å². The van der Waals surface area contributed by atoms with Crippen molar-refractivity contribution in [3.05, 3.63) is 66.0 Å². The highest BCUT2D eigenvalue weighted by atomic mass is 32.2. The molecule has 0 aliphatic heterocycles. The van der Waals surface area contributed by atoms with Crippen LogP contribution >= 0.6 is 11.8 Å². The Morgan fingerprint density at radius 1 is 0.941 bits per heavy atom. The fourth-order valence-electron chi connectivity index (χ4n) is 1.28. The number of hydrogen-bond acceptors (Lipinski definition) is 1. The van der Waals surface area contributed by atoms with E-state index in [0.29, 0.717) is 0 Å². The van der Waals surface area contributed by atoms with Gasteiger partial charge in [-0.05, 0) is 42.5 Å². The van der Waals surface area contributed by atoms with E-state index in [9.17, 15) is 4.39 Å². The van der Waals surface area contributed by atoms with Gasteiger partial charge in [-0.2, -0.15) is 0 Å². The lowest BCUT2D eigenvalue weighted by Crippen LogP contribution is -1.78. The van der Waals surface area contributed by atoms with E-state index in [4.69, 9.17) is 0 Å². The monoisotopic (exact) mass is 248 g/mol. The van der Waals surface area contributed by atoms with Gasteiger partial charge in [-0.1, -0.05) is 37.3 Å². The van der Waals surface area contributed by atoms with Crippen molar-refractivity contribution in [1.82, 2.24) is 0 Å². The van der Waals surface area contributed by atoms with Crippen LogP contribution < -0.4 is 0 Å². The Hall–Kier alpha value is -1.28. The van der Waals surface area contributed by atoms with Gasteiger partial charge in [-0.15, -0.1) is 11.8 Å². The van der Waals surface area contributed by atoms with Gasteiger partial charge in [0.1, 0.15) is 5.82 Å². The minimum atomic E-state index is -0.160. The van der Waals surface area contributed by atoms with E-state index in [0.717, 1.165) is 6.42 Å². The average molecular weight is 248 g/mol. The van der Waals surface area contributed by atoms with Gasteiger partial charge in [-0.3, -0.25) is 0 Å². The van der Waals surface area contributed by atoms with Gasteiger partial charge in [0, 0.05) is 4.90 Å². The zero-order valence-corrected chi connectivity index (χ0v) is 11.0. The standard InChI is InChI=1S/C8H9F.C7H8S/c1-2-7-3-5-8(9)6-4-7;1-8-7-5-3-2-4-6-7/h3-6H,2H2,1H3;2-6H,1H3. The summed E-state index contributed by atoms with van der Waals surface area (Å²) in [6.45, 7) is 2.05. The van der Waals surface area contributed by atoms with Crippen molar-refractivity contribution in [2.45, 2.75) is 18.2 Å². The van der Waals surface area contributed by atoms with Gasteiger partial charge in [0.25, 0.3) is 0 Å². The highest BCUT2D eigenvalue weighted by Gasteiger charge is 1.87. The summed E-state index contributed by atoms with van der Waals surface area (Å²) in [6.07, 6.45) is 3.05. The Kier molecular flexibility index (Phi) is 6.41. The molecule has 0 fully saturated rings. The molecule has 0 aromatic heterocycles. The van der Waals surface area contributed by atoms with Crippen molar-refractivity contribution >= 4 is 11.8 Å². The SMILES string of the molecule is CCc1ccc(F)cc1.CSc1ccccc1. The third kappa shape index (κ3) is 5.55. The predicted octanol–water partition coefficient (Wildman–Crippen LogP) is 4.80. The number of hydrogen-bond donors (Lipinski definition) is 0. The van der Waals surface area contributed by atoms with Crippen LogP contribution in [0, 0.1) is 5.82 Å². The molecule has 0 unspecified atom stereocenters. The van der Waals surface area contributed by atoms with Crippen molar-refractivity contribution in [1.29, 1.82) is 0 Å². The summed E-state index contributed by atoms with van der Waals surface area (Å²) in [4.78, 5) is 1.33. The highest BCUT2D eigenvalue weighted by Crippen LogP contribution is 2.11. The van der Waals surface area contributed by atoms with E-state index in [1.54, 1.807) is 23.9 Å². The molecule has 0 heterocycles. The predicted molar refractivity (Wildman–Crippen MR) is 74.0 cm³/mol. The third-order valence-corrected chi connectivity index (χ3v) is 3.04. The van der Waals surface area contributed by atoms with Gasteiger partial charge in [-0.25, -0.2) is 4.39 Å². The lowest BCUT2D eigenvalue weighted by atomic mass is 10.2. The number of aryl methyl sites for hydroxylation is 1.